The van der Waals surface area contributed by atoms with Crippen LogP contribution in [0.5, 0.6) is 0 Å². The first kappa shape index (κ1) is 15.3. The van der Waals surface area contributed by atoms with Gasteiger partial charge < -0.3 is 5.32 Å². The lowest BCUT2D eigenvalue weighted by Gasteiger charge is -2.43. The van der Waals surface area contributed by atoms with Crippen molar-refractivity contribution >= 4 is 0 Å². The van der Waals surface area contributed by atoms with Gasteiger partial charge in [0.2, 0.25) is 0 Å². The zero-order valence-electron chi connectivity index (χ0n) is 11.9. The molecule has 0 amide bonds. The maximum atomic E-state index is 13.4. The average Bonchev–Trinajstić information content (AvgIpc) is 2.41. The third-order valence-electron chi connectivity index (χ3n) is 4.30. The molecule has 5 heteroatoms. The molecule has 1 aliphatic rings. The SMILES string of the molecule is CNC1(C)CCN(C(c2ccccc2)C(F)(F)F)CC1. The molecule has 1 heterocycles. The predicted molar refractivity (Wildman–Crippen MR) is 73.5 cm³/mol. The minimum atomic E-state index is -4.24. The van der Waals surface area contributed by atoms with E-state index in [9.17, 15) is 13.2 Å². The van der Waals surface area contributed by atoms with Gasteiger partial charge in [-0.3, -0.25) is 4.90 Å². The number of alkyl halides is 3. The van der Waals surface area contributed by atoms with E-state index >= 15 is 0 Å². The summed E-state index contributed by atoms with van der Waals surface area (Å²) >= 11 is 0. The Morgan fingerprint density at radius 2 is 1.70 bits per heavy atom. The summed E-state index contributed by atoms with van der Waals surface area (Å²) in [5, 5.41) is 3.21. The molecule has 1 saturated heterocycles. The van der Waals surface area contributed by atoms with Gasteiger partial charge in [-0.15, -0.1) is 0 Å². The van der Waals surface area contributed by atoms with Gasteiger partial charge in [-0.05, 0) is 32.4 Å². The van der Waals surface area contributed by atoms with Crippen molar-refractivity contribution in [3.05, 3.63) is 35.9 Å². The molecular formula is C15H21F3N2. The number of hydrogen-bond acceptors (Lipinski definition) is 2. The van der Waals surface area contributed by atoms with Crippen LogP contribution in [-0.2, 0) is 0 Å². The topological polar surface area (TPSA) is 15.3 Å². The van der Waals surface area contributed by atoms with Crippen molar-refractivity contribution in [1.82, 2.24) is 10.2 Å². The molecule has 1 atom stereocenters. The first-order chi connectivity index (χ1) is 9.36. The molecule has 112 valence electrons. The summed E-state index contributed by atoms with van der Waals surface area (Å²) in [4.78, 5) is 1.55. The van der Waals surface area contributed by atoms with Gasteiger partial charge in [0.25, 0.3) is 0 Å². The Hall–Kier alpha value is -1.07. The maximum Gasteiger partial charge on any atom is 0.408 e. The maximum absolute atomic E-state index is 13.4. The molecule has 1 aromatic carbocycles. The summed E-state index contributed by atoms with van der Waals surface area (Å²) in [6.45, 7) is 2.97. The first-order valence-electron chi connectivity index (χ1n) is 6.90. The molecule has 2 rings (SSSR count). The number of halogens is 3. The van der Waals surface area contributed by atoms with E-state index in [4.69, 9.17) is 0 Å². The molecule has 0 bridgehead atoms. The number of likely N-dealkylation sites (tertiary alicyclic amines) is 1. The van der Waals surface area contributed by atoms with Crippen molar-refractivity contribution in [3.63, 3.8) is 0 Å². The van der Waals surface area contributed by atoms with Crippen LogP contribution in [0.2, 0.25) is 0 Å². The Kier molecular flexibility index (Phi) is 4.39. The molecule has 0 spiro atoms. The fraction of sp³-hybridized carbons (Fsp3) is 0.600. The van der Waals surface area contributed by atoms with E-state index < -0.39 is 12.2 Å². The summed E-state index contributed by atoms with van der Waals surface area (Å²) in [5.74, 6) is 0. The van der Waals surface area contributed by atoms with E-state index in [1.54, 1.807) is 35.2 Å². The lowest BCUT2D eigenvalue weighted by Crippen LogP contribution is -2.52. The summed E-state index contributed by atoms with van der Waals surface area (Å²) in [7, 11) is 1.87. The van der Waals surface area contributed by atoms with Crippen molar-refractivity contribution in [2.75, 3.05) is 20.1 Å². The van der Waals surface area contributed by atoms with Crippen LogP contribution >= 0.6 is 0 Å². The van der Waals surface area contributed by atoms with Crippen molar-refractivity contribution < 1.29 is 13.2 Å². The van der Waals surface area contributed by atoms with Gasteiger partial charge >= 0.3 is 6.18 Å². The minimum absolute atomic E-state index is 0.0522. The van der Waals surface area contributed by atoms with E-state index in [0.29, 0.717) is 18.7 Å². The molecule has 0 radical (unpaired) electrons. The van der Waals surface area contributed by atoms with E-state index in [-0.39, 0.29) is 5.54 Å². The standard InChI is InChI=1S/C15H21F3N2/c1-14(19-2)8-10-20(11-9-14)13(15(16,17)18)12-6-4-3-5-7-12/h3-7,13,19H,8-11H2,1-2H3. The van der Waals surface area contributed by atoms with Crippen molar-refractivity contribution in [2.45, 2.75) is 37.5 Å². The number of nitrogens with one attached hydrogen (secondary N) is 1. The molecule has 0 aromatic heterocycles. The molecule has 1 fully saturated rings. The minimum Gasteiger partial charge on any atom is -0.314 e. The van der Waals surface area contributed by atoms with E-state index in [1.807, 2.05) is 7.05 Å². The van der Waals surface area contributed by atoms with E-state index in [1.165, 1.54) is 0 Å². The number of benzene rings is 1. The zero-order valence-corrected chi connectivity index (χ0v) is 11.9. The second-order valence-electron chi connectivity index (χ2n) is 5.70. The van der Waals surface area contributed by atoms with Gasteiger partial charge in [0.1, 0.15) is 6.04 Å². The predicted octanol–water partition coefficient (Wildman–Crippen LogP) is 3.36. The highest BCUT2D eigenvalue weighted by molar-refractivity contribution is 5.21. The smallest absolute Gasteiger partial charge is 0.314 e. The molecule has 0 aliphatic carbocycles. The molecule has 1 unspecified atom stereocenters. The third kappa shape index (κ3) is 3.33. The Morgan fingerprint density at radius 1 is 1.15 bits per heavy atom. The number of rotatable bonds is 3. The Balaban J connectivity index is 2.18. The molecule has 20 heavy (non-hydrogen) atoms. The summed E-state index contributed by atoms with van der Waals surface area (Å²) in [6.07, 6.45) is -2.79. The highest BCUT2D eigenvalue weighted by Crippen LogP contribution is 2.39. The van der Waals surface area contributed by atoms with Crippen LogP contribution in [0, 0.1) is 0 Å². The van der Waals surface area contributed by atoms with Crippen LogP contribution in [0.1, 0.15) is 31.4 Å². The van der Waals surface area contributed by atoms with Crippen molar-refractivity contribution in [1.29, 1.82) is 0 Å². The first-order valence-corrected chi connectivity index (χ1v) is 6.90. The monoisotopic (exact) mass is 286 g/mol. The summed E-state index contributed by atoms with van der Waals surface area (Å²) < 4.78 is 40.2. The zero-order chi connectivity index (χ0) is 14.8. The second-order valence-corrected chi connectivity index (χ2v) is 5.70. The molecule has 0 saturated carbocycles. The fourth-order valence-corrected chi connectivity index (χ4v) is 2.77. The van der Waals surface area contributed by atoms with Gasteiger partial charge in [0, 0.05) is 18.6 Å². The third-order valence-corrected chi connectivity index (χ3v) is 4.30. The van der Waals surface area contributed by atoms with E-state index in [0.717, 1.165) is 12.8 Å². The van der Waals surface area contributed by atoms with Crippen LogP contribution in [0.4, 0.5) is 13.2 Å². The van der Waals surface area contributed by atoms with E-state index in [2.05, 4.69) is 12.2 Å². The quantitative estimate of drug-likeness (QED) is 0.916. The fourth-order valence-electron chi connectivity index (χ4n) is 2.77. The molecule has 1 N–H and O–H groups in total. The normalized spacial score (nSPS) is 21.6. The highest BCUT2D eigenvalue weighted by Gasteiger charge is 2.46. The lowest BCUT2D eigenvalue weighted by molar-refractivity contribution is -0.190. The van der Waals surface area contributed by atoms with Crippen LogP contribution in [-0.4, -0.2) is 36.8 Å². The average molecular weight is 286 g/mol. The largest absolute Gasteiger partial charge is 0.408 e. The molecule has 1 aromatic rings. The van der Waals surface area contributed by atoms with Crippen molar-refractivity contribution in [2.24, 2.45) is 0 Å². The number of nitrogens with zero attached hydrogens (tertiary/aromatic N) is 1. The summed E-state index contributed by atoms with van der Waals surface area (Å²) in [5.41, 5.74) is 0.275. The van der Waals surface area contributed by atoms with Crippen LogP contribution in [0.25, 0.3) is 0 Å². The van der Waals surface area contributed by atoms with Crippen LogP contribution in [0.15, 0.2) is 30.3 Å². The van der Waals surface area contributed by atoms with Gasteiger partial charge in [0.05, 0.1) is 0 Å². The Labute approximate surface area is 118 Å². The van der Waals surface area contributed by atoms with Gasteiger partial charge in [-0.25, -0.2) is 0 Å². The number of piperidine rings is 1. The second kappa shape index (κ2) is 5.74. The Bertz CT molecular complexity index is 422. The van der Waals surface area contributed by atoms with Crippen LogP contribution < -0.4 is 5.32 Å². The Morgan fingerprint density at radius 3 is 2.15 bits per heavy atom. The molecule has 1 aliphatic heterocycles. The van der Waals surface area contributed by atoms with Crippen molar-refractivity contribution in [3.8, 4) is 0 Å². The molecular weight excluding hydrogens is 265 g/mol. The lowest BCUT2D eigenvalue weighted by atomic mass is 9.88. The van der Waals surface area contributed by atoms with Gasteiger partial charge in [-0.1, -0.05) is 30.3 Å². The van der Waals surface area contributed by atoms with Gasteiger partial charge in [0.15, 0.2) is 0 Å². The summed E-state index contributed by atoms with van der Waals surface area (Å²) in [6, 6.07) is 6.69. The highest BCUT2D eigenvalue weighted by atomic mass is 19.4. The number of hydrogen-bond donors (Lipinski definition) is 1. The van der Waals surface area contributed by atoms with Crippen LogP contribution in [0.3, 0.4) is 0 Å². The van der Waals surface area contributed by atoms with Gasteiger partial charge in [-0.2, -0.15) is 13.2 Å². The molecule has 2 nitrogen and oxygen atoms in total.